The van der Waals surface area contributed by atoms with Gasteiger partial charge in [-0.1, -0.05) is 76.1 Å². The Kier molecular flexibility index (Phi) is 7.41. The molecule has 1 unspecified atom stereocenters. The molecule has 1 heterocycles. The van der Waals surface area contributed by atoms with Crippen LogP contribution in [0.25, 0.3) is 0 Å². The standard InChI is InChI=1S/C25H24BrClFNO2/c26-21-9-6-19(23(28)14-21)17-30-24-15-29-13-12-25(24,20-7-10-22(27)11-8-20)31-16-18-4-2-1-3-5-18/h1-11,14,24,29H,12-13,15-17H2/t24?,25-/m0/s1. The molecule has 0 aliphatic carbocycles. The molecule has 162 valence electrons. The van der Waals surface area contributed by atoms with Gasteiger partial charge >= 0.3 is 0 Å². The smallest absolute Gasteiger partial charge is 0.129 e. The van der Waals surface area contributed by atoms with E-state index in [1.165, 1.54) is 6.07 Å². The Morgan fingerprint density at radius 1 is 1.03 bits per heavy atom. The molecule has 4 rings (SSSR count). The van der Waals surface area contributed by atoms with Crippen molar-refractivity contribution in [3.63, 3.8) is 0 Å². The van der Waals surface area contributed by atoms with Crippen LogP contribution in [-0.4, -0.2) is 19.2 Å². The van der Waals surface area contributed by atoms with Gasteiger partial charge in [0, 0.05) is 21.6 Å². The number of hydrogen-bond donors (Lipinski definition) is 1. The lowest BCUT2D eigenvalue weighted by atomic mass is 9.82. The molecule has 3 aromatic rings. The van der Waals surface area contributed by atoms with Crippen LogP contribution in [0.15, 0.2) is 77.3 Å². The fraction of sp³-hybridized carbons (Fsp3) is 0.280. The zero-order valence-electron chi connectivity index (χ0n) is 17.0. The maximum atomic E-state index is 14.4. The average molecular weight is 505 g/mol. The minimum atomic E-state index is -0.669. The number of halogens is 3. The molecule has 0 aromatic heterocycles. The molecular weight excluding hydrogens is 481 g/mol. The first kappa shape index (κ1) is 22.4. The Bertz CT molecular complexity index is 1000. The summed E-state index contributed by atoms with van der Waals surface area (Å²) in [6.45, 7) is 2.02. The molecule has 0 bridgehead atoms. The van der Waals surface area contributed by atoms with E-state index >= 15 is 0 Å². The molecule has 1 saturated heterocycles. The van der Waals surface area contributed by atoms with Crippen LogP contribution in [0.4, 0.5) is 4.39 Å². The van der Waals surface area contributed by atoms with Crippen molar-refractivity contribution in [2.75, 3.05) is 13.1 Å². The number of ether oxygens (including phenoxy) is 2. The first-order chi connectivity index (χ1) is 15.1. The lowest BCUT2D eigenvalue weighted by molar-refractivity contribution is -0.176. The lowest BCUT2D eigenvalue weighted by Crippen LogP contribution is -2.54. The van der Waals surface area contributed by atoms with Gasteiger partial charge in [0.2, 0.25) is 0 Å². The maximum Gasteiger partial charge on any atom is 0.129 e. The molecule has 1 aliphatic rings. The summed E-state index contributed by atoms with van der Waals surface area (Å²) >= 11 is 9.45. The minimum Gasteiger partial charge on any atom is -0.369 e. The zero-order valence-corrected chi connectivity index (χ0v) is 19.3. The first-order valence-corrected chi connectivity index (χ1v) is 11.4. The van der Waals surface area contributed by atoms with Crippen LogP contribution in [0.2, 0.25) is 5.02 Å². The van der Waals surface area contributed by atoms with Gasteiger partial charge in [0.25, 0.3) is 0 Å². The summed E-state index contributed by atoms with van der Waals surface area (Å²) in [4.78, 5) is 0. The normalized spacial score (nSPS) is 21.2. The predicted molar refractivity (Wildman–Crippen MR) is 125 cm³/mol. The van der Waals surface area contributed by atoms with Crippen LogP contribution in [0.3, 0.4) is 0 Å². The third-order valence-electron chi connectivity index (χ3n) is 5.65. The summed E-state index contributed by atoms with van der Waals surface area (Å²) in [5.74, 6) is -0.291. The Labute approximate surface area is 195 Å². The maximum absolute atomic E-state index is 14.4. The number of benzene rings is 3. The van der Waals surface area contributed by atoms with Crippen molar-refractivity contribution in [2.24, 2.45) is 0 Å². The van der Waals surface area contributed by atoms with Crippen LogP contribution in [-0.2, 0) is 28.3 Å². The Balaban J connectivity index is 1.61. The molecule has 0 radical (unpaired) electrons. The highest BCUT2D eigenvalue weighted by Crippen LogP contribution is 2.38. The van der Waals surface area contributed by atoms with E-state index in [4.69, 9.17) is 21.1 Å². The molecular formula is C25H24BrClFNO2. The summed E-state index contributed by atoms with van der Waals surface area (Å²) in [5.41, 5.74) is 1.95. The summed E-state index contributed by atoms with van der Waals surface area (Å²) in [5, 5.41) is 4.07. The van der Waals surface area contributed by atoms with Gasteiger partial charge in [-0.05, 0) is 48.4 Å². The van der Waals surface area contributed by atoms with E-state index in [0.29, 0.717) is 28.2 Å². The molecule has 6 heteroatoms. The van der Waals surface area contributed by atoms with E-state index in [-0.39, 0.29) is 18.5 Å². The largest absolute Gasteiger partial charge is 0.369 e. The van der Waals surface area contributed by atoms with E-state index in [1.54, 1.807) is 6.07 Å². The van der Waals surface area contributed by atoms with Crippen molar-refractivity contribution >= 4 is 27.5 Å². The van der Waals surface area contributed by atoms with Gasteiger partial charge in [-0.25, -0.2) is 4.39 Å². The molecule has 0 spiro atoms. The molecule has 0 amide bonds. The Morgan fingerprint density at radius 2 is 1.81 bits per heavy atom. The van der Waals surface area contributed by atoms with Gasteiger partial charge in [-0.3, -0.25) is 0 Å². The van der Waals surface area contributed by atoms with Gasteiger partial charge in [0.1, 0.15) is 17.5 Å². The fourth-order valence-electron chi connectivity index (χ4n) is 3.95. The second kappa shape index (κ2) is 10.2. The van der Waals surface area contributed by atoms with E-state index in [0.717, 1.165) is 24.1 Å². The summed E-state index contributed by atoms with van der Waals surface area (Å²) in [7, 11) is 0. The van der Waals surface area contributed by atoms with Crippen molar-refractivity contribution in [3.8, 4) is 0 Å². The van der Waals surface area contributed by atoms with E-state index in [1.807, 2.05) is 60.7 Å². The SMILES string of the molecule is Fc1cc(Br)ccc1COC1CNCC[C@]1(OCc1ccccc1)c1ccc(Cl)cc1. The third kappa shape index (κ3) is 5.36. The topological polar surface area (TPSA) is 30.5 Å². The second-order valence-corrected chi connectivity index (χ2v) is 9.01. The molecule has 3 nitrogen and oxygen atoms in total. The monoisotopic (exact) mass is 503 g/mol. The van der Waals surface area contributed by atoms with Gasteiger partial charge in [-0.15, -0.1) is 0 Å². The summed E-state index contributed by atoms with van der Waals surface area (Å²) in [6.07, 6.45) is 0.434. The van der Waals surface area contributed by atoms with Crippen molar-refractivity contribution in [1.29, 1.82) is 0 Å². The molecule has 0 saturated carbocycles. The van der Waals surface area contributed by atoms with Crippen LogP contribution in [0.1, 0.15) is 23.1 Å². The van der Waals surface area contributed by atoms with Gasteiger partial charge in [0.05, 0.1) is 13.2 Å². The van der Waals surface area contributed by atoms with Crippen molar-refractivity contribution in [2.45, 2.75) is 31.3 Å². The highest BCUT2D eigenvalue weighted by molar-refractivity contribution is 9.10. The highest BCUT2D eigenvalue weighted by atomic mass is 79.9. The summed E-state index contributed by atoms with van der Waals surface area (Å²) in [6, 6.07) is 22.8. The fourth-order valence-corrected chi connectivity index (χ4v) is 4.41. The molecule has 2 atom stereocenters. The number of piperidine rings is 1. The van der Waals surface area contributed by atoms with Crippen LogP contribution >= 0.6 is 27.5 Å². The lowest BCUT2D eigenvalue weighted by Gasteiger charge is -2.44. The quantitative estimate of drug-likeness (QED) is 0.414. The number of rotatable bonds is 7. The van der Waals surface area contributed by atoms with E-state index in [2.05, 4.69) is 21.2 Å². The molecule has 3 aromatic carbocycles. The predicted octanol–water partition coefficient (Wildman–Crippen LogP) is 6.23. The molecule has 1 fully saturated rings. The summed E-state index contributed by atoms with van der Waals surface area (Å²) < 4.78 is 28.0. The van der Waals surface area contributed by atoms with Gasteiger partial charge < -0.3 is 14.8 Å². The Morgan fingerprint density at radius 3 is 2.55 bits per heavy atom. The number of hydrogen-bond acceptors (Lipinski definition) is 3. The Hall–Kier alpha value is -1.76. The van der Waals surface area contributed by atoms with Crippen molar-refractivity contribution in [3.05, 3.63) is 105 Å². The highest BCUT2D eigenvalue weighted by Gasteiger charge is 2.44. The zero-order chi connectivity index (χ0) is 21.7. The van der Waals surface area contributed by atoms with Crippen molar-refractivity contribution < 1.29 is 13.9 Å². The van der Waals surface area contributed by atoms with Gasteiger partial charge in [-0.2, -0.15) is 0 Å². The van der Waals surface area contributed by atoms with Gasteiger partial charge in [0.15, 0.2) is 0 Å². The molecule has 1 aliphatic heterocycles. The van der Waals surface area contributed by atoms with Crippen molar-refractivity contribution in [1.82, 2.24) is 5.32 Å². The minimum absolute atomic E-state index is 0.162. The number of nitrogens with one attached hydrogen (secondary N) is 1. The first-order valence-electron chi connectivity index (χ1n) is 10.3. The van der Waals surface area contributed by atoms with E-state index in [9.17, 15) is 4.39 Å². The second-order valence-electron chi connectivity index (χ2n) is 7.66. The van der Waals surface area contributed by atoms with Crippen LogP contribution in [0, 0.1) is 5.82 Å². The third-order valence-corrected chi connectivity index (χ3v) is 6.40. The molecule has 31 heavy (non-hydrogen) atoms. The van der Waals surface area contributed by atoms with E-state index < -0.39 is 5.60 Å². The van der Waals surface area contributed by atoms with Crippen LogP contribution < -0.4 is 5.32 Å². The molecule has 1 N–H and O–H groups in total. The van der Waals surface area contributed by atoms with Crippen LogP contribution in [0.5, 0.6) is 0 Å². The average Bonchev–Trinajstić information content (AvgIpc) is 2.79.